The molecule has 1 aromatic heterocycles. The fourth-order valence-corrected chi connectivity index (χ4v) is 4.69. The van der Waals surface area contributed by atoms with Crippen molar-refractivity contribution in [3.8, 4) is 11.3 Å². The largest absolute Gasteiger partial charge is 0.416 e. The van der Waals surface area contributed by atoms with E-state index in [4.69, 9.17) is 0 Å². The van der Waals surface area contributed by atoms with Gasteiger partial charge in [-0.1, -0.05) is 42.5 Å². The van der Waals surface area contributed by atoms with Gasteiger partial charge in [0.2, 0.25) is 0 Å². The molecule has 214 valence electrons. The van der Waals surface area contributed by atoms with Crippen LogP contribution in [0, 0.1) is 6.92 Å². The summed E-state index contributed by atoms with van der Waals surface area (Å²) in [6.45, 7) is 2.83. The van der Waals surface area contributed by atoms with Gasteiger partial charge in [0.15, 0.2) is 0 Å². The van der Waals surface area contributed by atoms with Gasteiger partial charge in [-0.15, -0.1) is 0 Å². The standard InChI is InChI=1S/C32H33F3N4O2/c1-22-28(30(40)36-26-15-9-14-25(20-26)32(33,34)35)21-29(23-11-6-5-7-12-23)39(22)18-10-17-38(4)31(41)24-13-8-16-27(19-24)37(2)3/h5-9,11-16,19-21H,10,17-18H2,1-4H3,(H,36,40). The van der Waals surface area contributed by atoms with Crippen LogP contribution in [0.4, 0.5) is 24.5 Å². The van der Waals surface area contributed by atoms with Crippen LogP contribution in [0.3, 0.4) is 0 Å². The number of nitrogens with one attached hydrogen (secondary N) is 1. The lowest BCUT2D eigenvalue weighted by atomic mass is 10.1. The molecule has 2 amide bonds. The van der Waals surface area contributed by atoms with E-state index in [1.54, 1.807) is 24.1 Å². The minimum Gasteiger partial charge on any atom is -0.378 e. The van der Waals surface area contributed by atoms with Gasteiger partial charge >= 0.3 is 6.18 Å². The summed E-state index contributed by atoms with van der Waals surface area (Å²) in [5.41, 5.74) is 3.54. The highest BCUT2D eigenvalue weighted by Crippen LogP contribution is 2.31. The minimum absolute atomic E-state index is 0.0664. The number of alkyl halides is 3. The van der Waals surface area contributed by atoms with Crippen molar-refractivity contribution >= 4 is 23.2 Å². The zero-order valence-corrected chi connectivity index (χ0v) is 23.5. The maximum absolute atomic E-state index is 13.2. The molecule has 4 aromatic rings. The lowest BCUT2D eigenvalue weighted by molar-refractivity contribution is -0.137. The number of anilines is 2. The maximum atomic E-state index is 13.2. The Hall–Kier alpha value is -4.53. The summed E-state index contributed by atoms with van der Waals surface area (Å²) in [6, 6.07) is 23.4. The average Bonchev–Trinajstić information content (AvgIpc) is 3.28. The molecular weight excluding hydrogens is 529 g/mol. The fourth-order valence-electron chi connectivity index (χ4n) is 4.69. The SMILES string of the molecule is Cc1c(C(=O)Nc2cccc(C(F)(F)F)c2)cc(-c2ccccc2)n1CCCN(C)C(=O)c1cccc(N(C)C)c1. The average molecular weight is 563 g/mol. The molecule has 1 N–H and O–H groups in total. The Morgan fingerprint density at radius 2 is 1.59 bits per heavy atom. The highest BCUT2D eigenvalue weighted by atomic mass is 19.4. The lowest BCUT2D eigenvalue weighted by Gasteiger charge is -2.20. The van der Waals surface area contributed by atoms with Crippen LogP contribution < -0.4 is 10.2 Å². The van der Waals surface area contributed by atoms with E-state index in [1.807, 2.05) is 79.0 Å². The van der Waals surface area contributed by atoms with Crippen molar-refractivity contribution in [1.29, 1.82) is 0 Å². The Morgan fingerprint density at radius 1 is 0.878 bits per heavy atom. The smallest absolute Gasteiger partial charge is 0.378 e. The number of rotatable bonds is 9. The number of carbonyl (C=O) groups excluding carboxylic acids is 2. The number of carbonyl (C=O) groups is 2. The third kappa shape index (κ3) is 6.98. The van der Waals surface area contributed by atoms with Crippen LogP contribution in [0.1, 0.15) is 38.4 Å². The van der Waals surface area contributed by atoms with Crippen molar-refractivity contribution in [1.82, 2.24) is 9.47 Å². The van der Waals surface area contributed by atoms with Crippen molar-refractivity contribution in [2.75, 3.05) is 37.9 Å². The predicted molar refractivity (Wildman–Crippen MR) is 156 cm³/mol. The second kappa shape index (κ2) is 12.3. The van der Waals surface area contributed by atoms with E-state index in [1.165, 1.54) is 12.1 Å². The Morgan fingerprint density at radius 3 is 2.27 bits per heavy atom. The Bertz CT molecular complexity index is 1530. The van der Waals surface area contributed by atoms with Crippen LogP contribution >= 0.6 is 0 Å². The van der Waals surface area contributed by atoms with Gasteiger partial charge in [-0.05, 0) is 61.4 Å². The summed E-state index contributed by atoms with van der Waals surface area (Å²) in [7, 11) is 5.61. The molecule has 0 aliphatic carbocycles. The highest BCUT2D eigenvalue weighted by molar-refractivity contribution is 6.06. The molecule has 0 unspecified atom stereocenters. The lowest BCUT2D eigenvalue weighted by Crippen LogP contribution is -2.28. The molecule has 0 aliphatic rings. The number of nitrogens with zero attached hydrogens (tertiary/aromatic N) is 3. The Labute approximate surface area is 238 Å². The normalized spacial score (nSPS) is 11.3. The molecule has 4 rings (SSSR count). The summed E-state index contributed by atoms with van der Waals surface area (Å²) in [6.07, 6.45) is -3.89. The van der Waals surface area contributed by atoms with Crippen LogP contribution in [0.15, 0.2) is 84.9 Å². The quantitative estimate of drug-likeness (QED) is 0.240. The van der Waals surface area contributed by atoms with E-state index in [0.29, 0.717) is 36.3 Å². The van der Waals surface area contributed by atoms with E-state index in [2.05, 4.69) is 5.32 Å². The number of aromatic nitrogens is 1. The molecule has 0 saturated heterocycles. The minimum atomic E-state index is -4.51. The predicted octanol–water partition coefficient (Wildman–Crippen LogP) is 6.96. The molecule has 0 bridgehead atoms. The van der Waals surface area contributed by atoms with E-state index < -0.39 is 17.6 Å². The van der Waals surface area contributed by atoms with Gasteiger partial charge in [0, 0.05) is 62.6 Å². The molecule has 0 atom stereocenters. The molecule has 3 aromatic carbocycles. The third-order valence-electron chi connectivity index (χ3n) is 6.96. The Balaban J connectivity index is 1.53. The monoisotopic (exact) mass is 562 g/mol. The van der Waals surface area contributed by atoms with Gasteiger partial charge in [-0.3, -0.25) is 9.59 Å². The second-order valence-electron chi connectivity index (χ2n) is 10.1. The van der Waals surface area contributed by atoms with Gasteiger partial charge in [0.25, 0.3) is 11.8 Å². The number of benzene rings is 3. The molecule has 41 heavy (non-hydrogen) atoms. The number of hydrogen-bond acceptors (Lipinski definition) is 3. The molecule has 0 aliphatic heterocycles. The van der Waals surface area contributed by atoms with Crippen molar-refractivity contribution in [3.05, 3.63) is 107 Å². The molecule has 9 heteroatoms. The van der Waals surface area contributed by atoms with Crippen LogP contribution in [-0.2, 0) is 12.7 Å². The van der Waals surface area contributed by atoms with Crippen LogP contribution in [0.5, 0.6) is 0 Å². The van der Waals surface area contributed by atoms with Crippen LogP contribution in [-0.4, -0.2) is 49.0 Å². The zero-order valence-electron chi connectivity index (χ0n) is 23.5. The highest BCUT2D eigenvalue weighted by Gasteiger charge is 2.30. The van der Waals surface area contributed by atoms with Crippen LogP contribution in [0.2, 0.25) is 0 Å². The van der Waals surface area contributed by atoms with Gasteiger partial charge in [-0.2, -0.15) is 13.2 Å². The molecule has 0 fully saturated rings. The molecule has 0 saturated carbocycles. The number of halogens is 3. The third-order valence-corrected chi connectivity index (χ3v) is 6.96. The van der Waals surface area contributed by atoms with Crippen molar-refractivity contribution < 1.29 is 22.8 Å². The first-order valence-electron chi connectivity index (χ1n) is 13.2. The first kappa shape index (κ1) is 29.5. The Kier molecular flexibility index (Phi) is 8.86. The molecular formula is C32H33F3N4O2. The molecule has 1 heterocycles. The second-order valence-corrected chi connectivity index (χ2v) is 10.1. The molecule has 0 radical (unpaired) electrons. The maximum Gasteiger partial charge on any atom is 0.416 e. The fraction of sp³-hybridized carbons (Fsp3) is 0.250. The van der Waals surface area contributed by atoms with Crippen molar-refractivity contribution in [2.45, 2.75) is 26.1 Å². The topological polar surface area (TPSA) is 57.6 Å². The van der Waals surface area contributed by atoms with Gasteiger partial charge in [0.1, 0.15) is 0 Å². The summed E-state index contributed by atoms with van der Waals surface area (Å²) in [4.78, 5) is 29.9. The first-order valence-corrected chi connectivity index (χ1v) is 13.2. The van der Waals surface area contributed by atoms with Crippen LogP contribution in [0.25, 0.3) is 11.3 Å². The molecule has 6 nitrogen and oxygen atoms in total. The van der Waals surface area contributed by atoms with E-state index >= 15 is 0 Å². The summed E-state index contributed by atoms with van der Waals surface area (Å²) in [5, 5.41) is 2.61. The summed E-state index contributed by atoms with van der Waals surface area (Å²) < 4.78 is 41.5. The first-order chi connectivity index (χ1) is 19.5. The molecule has 0 spiro atoms. The number of amides is 2. The van der Waals surface area contributed by atoms with Gasteiger partial charge in [-0.25, -0.2) is 0 Å². The summed E-state index contributed by atoms with van der Waals surface area (Å²) in [5.74, 6) is -0.576. The zero-order chi connectivity index (χ0) is 29.7. The van der Waals surface area contributed by atoms with E-state index in [-0.39, 0.29) is 11.6 Å². The van der Waals surface area contributed by atoms with Gasteiger partial charge in [0.05, 0.1) is 11.1 Å². The van der Waals surface area contributed by atoms with Crippen molar-refractivity contribution in [2.24, 2.45) is 0 Å². The summed E-state index contributed by atoms with van der Waals surface area (Å²) >= 11 is 0. The number of hydrogen-bond donors (Lipinski definition) is 1. The van der Waals surface area contributed by atoms with Crippen molar-refractivity contribution in [3.63, 3.8) is 0 Å². The van der Waals surface area contributed by atoms with E-state index in [0.717, 1.165) is 29.1 Å². The van der Waals surface area contributed by atoms with E-state index in [9.17, 15) is 22.8 Å². The van der Waals surface area contributed by atoms with Gasteiger partial charge < -0.3 is 19.7 Å².